The lowest BCUT2D eigenvalue weighted by Gasteiger charge is -2.19. The van der Waals surface area contributed by atoms with Crippen molar-refractivity contribution in [2.24, 2.45) is 0 Å². The van der Waals surface area contributed by atoms with E-state index in [1.54, 1.807) is 18.2 Å². The molecule has 0 aliphatic rings. The Morgan fingerprint density at radius 1 is 1.07 bits per heavy atom. The van der Waals surface area contributed by atoms with Crippen LogP contribution in [0.5, 0.6) is 11.5 Å². The van der Waals surface area contributed by atoms with Crippen LogP contribution in [-0.4, -0.2) is 29.9 Å². The van der Waals surface area contributed by atoms with Crippen LogP contribution >= 0.6 is 0 Å². The van der Waals surface area contributed by atoms with E-state index in [9.17, 15) is 9.59 Å². The summed E-state index contributed by atoms with van der Waals surface area (Å²) >= 11 is 0. The molecule has 1 amide bonds. The molecule has 0 saturated carbocycles. The summed E-state index contributed by atoms with van der Waals surface area (Å²) in [6.07, 6.45) is 0. The summed E-state index contributed by atoms with van der Waals surface area (Å²) in [5, 5.41) is 6.61. The zero-order valence-corrected chi connectivity index (χ0v) is 17.7. The monoisotopic (exact) mass is 411 g/mol. The molecule has 1 heterocycles. The fraction of sp³-hybridized carbons (Fsp3) is 0.318. The molecule has 0 fully saturated rings. The lowest BCUT2D eigenvalue weighted by molar-refractivity contribution is -0.116. The minimum Gasteiger partial charge on any atom is -0.493 e. The third-order valence-corrected chi connectivity index (χ3v) is 4.66. The minimum atomic E-state index is -0.724. The number of hydrogen-bond donors (Lipinski definition) is 1. The van der Waals surface area contributed by atoms with Gasteiger partial charge in [-0.3, -0.25) is 9.32 Å². The van der Waals surface area contributed by atoms with Crippen molar-refractivity contribution >= 4 is 11.6 Å². The molecule has 3 aromatic rings. The van der Waals surface area contributed by atoms with E-state index >= 15 is 0 Å². The molecular formula is C22H25N3O5. The molecule has 0 unspecified atom stereocenters. The molecule has 0 bridgehead atoms. The van der Waals surface area contributed by atoms with E-state index in [1.807, 2.05) is 24.3 Å². The van der Waals surface area contributed by atoms with Crippen molar-refractivity contribution in [2.45, 2.75) is 32.7 Å². The fourth-order valence-corrected chi connectivity index (χ4v) is 2.99. The smallest absolute Gasteiger partial charge is 0.442 e. The Balaban J connectivity index is 1.80. The van der Waals surface area contributed by atoms with Gasteiger partial charge in [-0.25, -0.2) is 9.36 Å². The molecule has 30 heavy (non-hydrogen) atoms. The number of nitrogens with one attached hydrogen (secondary N) is 1. The molecule has 0 radical (unpaired) electrons. The zero-order valence-electron chi connectivity index (χ0n) is 17.7. The third kappa shape index (κ3) is 4.53. The van der Waals surface area contributed by atoms with Crippen LogP contribution in [0.2, 0.25) is 0 Å². The predicted molar refractivity (Wildman–Crippen MR) is 113 cm³/mol. The molecule has 0 saturated heterocycles. The van der Waals surface area contributed by atoms with E-state index in [0.717, 1.165) is 5.56 Å². The molecule has 1 aromatic heterocycles. The van der Waals surface area contributed by atoms with Crippen molar-refractivity contribution in [2.75, 3.05) is 19.5 Å². The number of anilines is 1. The van der Waals surface area contributed by atoms with Gasteiger partial charge in [-0.05, 0) is 41.3 Å². The van der Waals surface area contributed by atoms with Crippen molar-refractivity contribution in [3.63, 3.8) is 0 Å². The van der Waals surface area contributed by atoms with Gasteiger partial charge in [0.1, 0.15) is 6.54 Å². The van der Waals surface area contributed by atoms with Gasteiger partial charge < -0.3 is 14.8 Å². The van der Waals surface area contributed by atoms with E-state index in [0.29, 0.717) is 22.7 Å². The van der Waals surface area contributed by atoms with Crippen LogP contribution in [0.15, 0.2) is 51.8 Å². The van der Waals surface area contributed by atoms with Crippen molar-refractivity contribution in [3.8, 4) is 22.9 Å². The number of nitrogens with zero attached hydrogens (tertiary/aromatic N) is 2. The first-order chi connectivity index (χ1) is 14.2. The molecule has 1 N–H and O–H groups in total. The van der Waals surface area contributed by atoms with Crippen LogP contribution in [0.3, 0.4) is 0 Å². The summed E-state index contributed by atoms with van der Waals surface area (Å²) in [7, 11) is 3.04. The van der Waals surface area contributed by atoms with Crippen LogP contribution in [0.25, 0.3) is 11.4 Å². The Labute approximate surface area is 174 Å². The van der Waals surface area contributed by atoms with Gasteiger partial charge in [0.15, 0.2) is 17.3 Å². The number of carbonyl (C=O) groups excluding carboxylic acids is 1. The SMILES string of the molecule is COc1ccc(-c2noc(=O)n2CC(=O)Nc2ccc(C(C)(C)C)cc2)cc1OC. The highest BCUT2D eigenvalue weighted by Gasteiger charge is 2.18. The molecule has 0 atom stereocenters. The molecule has 0 spiro atoms. The molecule has 0 aliphatic carbocycles. The first-order valence-electron chi connectivity index (χ1n) is 9.42. The standard InChI is InChI=1S/C22H25N3O5/c1-22(2,3)15-7-9-16(10-8-15)23-19(26)13-25-20(24-30-21(25)27)14-6-11-17(28-4)18(12-14)29-5/h6-12H,13H2,1-5H3,(H,23,26). The highest BCUT2D eigenvalue weighted by Crippen LogP contribution is 2.31. The van der Waals surface area contributed by atoms with E-state index < -0.39 is 5.76 Å². The van der Waals surface area contributed by atoms with Gasteiger partial charge in [0.2, 0.25) is 5.91 Å². The molecule has 8 nitrogen and oxygen atoms in total. The van der Waals surface area contributed by atoms with Gasteiger partial charge in [-0.1, -0.05) is 38.1 Å². The maximum atomic E-state index is 12.5. The zero-order chi connectivity index (χ0) is 21.9. The Morgan fingerprint density at radius 3 is 2.33 bits per heavy atom. The molecule has 8 heteroatoms. The lowest BCUT2D eigenvalue weighted by atomic mass is 9.87. The predicted octanol–water partition coefficient (Wildman–Crippen LogP) is 3.46. The highest BCUT2D eigenvalue weighted by molar-refractivity contribution is 5.90. The van der Waals surface area contributed by atoms with Crippen LogP contribution < -0.4 is 20.5 Å². The summed E-state index contributed by atoms with van der Waals surface area (Å²) in [5.74, 6) is 0.137. The number of methoxy groups -OCH3 is 2. The molecule has 3 rings (SSSR count). The second-order valence-corrected chi connectivity index (χ2v) is 7.80. The van der Waals surface area contributed by atoms with Gasteiger partial charge in [0.25, 0.3) is 0 Å². The number of carbonyl (C=O) groups is 1. The summed E-state index contributed by atoms with van der Waals surface area (Å²) in [6, 6.07) is 12.7. The maximum Gasteiger partial charge on any atom is 0.442 e. The van der Waals surface area contributed by atoms with Gasteiger partial charge in [0, 0.05) is 11.3 Å². The first kappa shape index (κ1) is 21.2. The number of ether oxygens (including phenoxy) is 2. The Hall–Kier alpha value is -3.55. The van der Waals surface area contributed by atoms with Gasteiger partial charge in [-0.2, -0.15) is 0 Å². The van der Waals surface area contributed by atoms with Crippen LogP contribution in [0.1, 0.15) is 26.3 Å². The van der Waals surface area contributed by atoms with Crippen LogP contribution in [-0.2, 0) is 16.8 Å². The van der Waals surface area contributed by atoms with E-state index in [4.69, 9.17) is 14.0 Å². The summed E-state index contributed by atoms with van der Waals surface area (Å²) < 4.78 is 16.5. The number of benzene rings is 2. The lowest BCUT2D eigenvalue weighted by Crippen LogP contribution is -2.25. The average Bonchev–Trinajstić information content (AvgIpc) is 3.07. The summed E-state index contributed by atoms with van der Waals surface area (Å²) in [5.41, 5.74) is 2.38. The number of aromatic nitrogens is 2. The fourth-order valence-electron chi connectivity index (χ4n) is 2.99. The van der Waals surface area contributed by atoms with Crippen LogP contribution in [0.4, 0.5) is 5.69 Å². The normalized spacial score (nSPS) is 11.2. The number of rotatable bonds is 6. The third-order valence-electron chi connectivity index (χ3n) is 4.66. The summed E-state index contributed by atoms with van der Waals surface area (Å²) in [4.78, 5) is 24.7. The quantitative estimate of drug-likeness (QED) is 0.667. The van der Waals surface area contributed by atoms with Crippen molar-refractivity contribution in [1.82, 2.24) is 9.72 Å². The summed E-state index contributed by atoms with van der Waals surface area (Å²) in [6.45, 7) is 6.12. The minimum absolute atomic E-state index is 0.0205. The Kier molecular flexibility index (Phi) is 5.96. The Morgan fingerprint density at radius 2 is 1.73 bits per heavy atom. The second-order valence-electron chi connectivity index (χ2n) is 7.80. The molecule has 158 valence electrons. The molecule has 0 aliphatic heterocycles. The number of hydrogen-bond acceptors (Lipinski definition) is 6. The van der Waals surface area contributed by atoms with E-state index in [-0.39, 0.29) is 23.7 Å². The Bertz CT molecular complexity index is 1090. The van der Waals surface area contributed by atoms with Gasteiger partial charge in [0.05, 0.1) is 14.2 Å². The van der Waals surface area contributed by atoms with E-state index in [1.165, 1.54) is 18.8 Å². The second kappa shape index (κ2) is 8.44. The van der Waals surface area contributed by atoms with Crippen molar-refractivity contribution < 1.29 is 18.8 Å². The highest BCUT2D eigenvalue weighted by atomic mass is 16.5. The van der Waals surface area contributed by atoms with E-state index in [2.05, 4.69) is 31.2 Å². The topological polar surface area (TPSA) is 95.6 Å². The van der Waals surface area contributed by atoms with Gasteiger partial charge in [-0.15, -0.1) is 0 Å². The maximum absolute atomic E-state index is 12.5. The van der Waals surface area contributed by atoms with Crippen molar-refractivity contribution in [1.29, 1.82) is 0 Å². The largest absolute Gasteiger partial charge is 0.493 e. The molecule has 2 aromatic carbocycles. The first-order valence-corrected chi connectivity index (χ1v) is 9.42. The van der Waals surface area contributed by atoms with Crippen LogP contribution in [0, 0.1) is 0 Å². The van der Waals surface area contributed by atoms with Gasteiger partial charge >= 0.3 is 5.76 Å². The number of amides is 1. The average molecular weight is 411 g/mol. The molecular weight excluding hydrogens is 386 g/mol. The van der Waals surface area contributed by atoms with Crippen molar-refractivity contribution in [3.05, 3.63) is 58.6 Å².